The lowest BCUT2D eigenvalue weighted by atomic mass is 9.84. The third-order valence-electron chi connectivity index (χ3n) is 3.16. The number of Topliss-reactive ketones (excluding diaryl/α,β-unsaturated/α-hetero) is 1. The van der Waals surface area contributed by atoms with Gasteiger partial charge < -0.3 is 9.90 Å². The summed E-state index contributed by atoms with van der Waals surface area (Å²) in [6, 6.07) is 0. The molecule has 0 aliphatic rings. The summed E-state index contributed by atoms with van der Waals surface area (Å²) in [5.74, 6) is -1.86. The van der Waals surface area contributed by atoms with Crippen molar-refractivity contribution in [2.75, 3.05) is 0 Å². The van der Waals surface area contributed by atoms with Crippen LogP contribution in [0.15, 0.2) is 12.2 Å². The van der Waals surface area contributed by atoms with Crippen LogP contribution in [0.2, 0.25) is 0 Å². The van der Waals surface area contributed by atoms with Crippen LogP contribution in [-0.4, -0.2) is 11.8 Å². The third-order valence-corrected chi connectivity index (χ3v) is 3.16. The van der Waals surface area contributed by atoms with Gasteiger partial charge in [0, 0.05) is 23.7 Å². The van der Waals surface area contributed by atoms with Crippen molar-refractivity contribution in [2.45, 2.75) is 66.2 Å². The highest BCUT2D eigenvalue weighted by Crippen LogP contribution is 2.21. The lowest BCUT2D eigenvalue weighted by Crippen LogP contribution is -2.34. The van der Waals surface area contributed by atoms with Gasteiger partial charge in [-0.2, -0.15) is 0 Å². The SMILES string of the molecule is CCCCC/C=C/CC(CC(=O)C(C)(C)C)C(=O)[O-]. The van der Waals surface area contributed by atoms with Crippen molar-refractivity contribution in [3.05, 3.63) is 12.2 Å². The zero-order chi connectivity index (χ0) is 14.9. The van der Waals surface area contributed by atoms with Gasteiger partial charge in [0.1, 0.15) is 5.78 Å². The van der Waals surface area contributed by atoms with Crippen LogP contribution in [0.5, 0.6) is 0 Å². The number of carbonyl (C=O) groups is 2. The number of ketones is 1. The Morgan fingerprint density at radius 1 is 1.16 bits per heavy atom. The Balaban J connectivity index is 4.21. The van der Waals surface area contributed by atoms with E-state index in [-0.39, 0.29) is 12.2 Å². The van der Waals surface area contributed by atoms with Crippen molar-refractivity contribution in [1.82, 2.24) is 0 Å². The number of carboxylic acids is 1. The normalized spacial score (nSPS) is 13.7. The summed E-state index contributed by atoms with van der Waals surface area (Å²) in [6.07, 6.45) is 8.79. The van der Waals surface area contributed by atoms with Gasteiger partial charge in [-0.05, 0) is 19.3 Å². The summed E-state index contributed by atoms with van der Waals surface area (Å²) >= 11 is 0. The maximum absolute atomic E-state index is 11.8. The van der Waals surface area contributed by atoms with E-state index in [0.717, 1.165) is 12.8 Å². The predicted molar refractivity (Wildman–Crippen MR) is 75.5 cm³/mol. The molecule has 0 saturated carbocycles. The van der Waals surface area contributed by atoms with Crippen molar-refractivity contribution in [3.63, 3.8) is 0 Å². The Labute approximate surface area is 117 Å². The van der Waals surface area contributed by atoms with E-state index in [9.17, 15) is 14.7 Å². The number of hydrogen-bond donors (Lipinski definition) is 0. The Morgan fingerprint density at radius 2 is 1.79 bits per heavy atom. The quantitative estimate of drug-likeness (QED) is 0.477. The smallest absolute Gasteiger partial charge is 0.138 e. The predicted octanol–water partition coefficient (Wildman–Crippen LogP) is 2.88. The van der Waals surface area contributed by atoms with Crippen LogP contribution in [-0.2, 0) is 9.59 Å². The molecule has 0 aliphatic carbocycles. The molecule has 0 bridgehead atoms. The van der Waals surface area contributed by atoms with Crippen molar-refractivity contribution in [2.24, 2.45) is 11.3 Å². The van der Waals surface area contributed by atoms with E-state index in [0.29, 0.717) is 6.42 Å². The number of aliphatic carboxylic acids is 1. The van der Waals surface area contributed by atoms with Gasteiger partial charge in [0.2, 0.25) is 0 Å². The first-order valence-corrected chi connectivity index (χ1v) is 7.18. The van der Waals surface area contributed by atoms with Gasteiger partial charge in [-0.1, -0.05) is 52.7 Å². The molecule has 0 heterocycles. The van der Waals surface area contributed by atoms with Crippen LogP contribution < -0.4 is 5.11 Å². The fourth-order valence-electron chi connectivity index (χ4n) is 1.68. The van der Waals surface area contributed by atoms with Crippen LogP contribution >= 0.6 is 0 Å². The highest BCUT2D eigenvalue weighted by molar-refractivity contribution is 5.87. The first-order valence-electron chi connectivity index (χ1n) is 7.18. The first-order chi connectivity index (χ1) is 8.79. The molecule has 1 atom stereocenters. The van der Waals surface area contributed by atoms with Crippen LogP contribution in [0.3, 0.4) is 0 Å². The summed E-state index contributed by atoms with van der Waals surface area (Å²) < 4.78 is 0. The molecule has 110 valence electrons. The zero-order valence-electron chi connectivity index (χ0n) is 12.7. The molecule has 0 fully saturated rings. The Kier molecular flexibility index (Phi) is 8.37. The Morgan fingerprint density at radius 3 is 2.26 bits per heavy atom. The van der Waals surface area contributed by atoms with Crippen molar-refractivity contribution >= 4 is 11.8 Å². The second kappa shape index (κ2) is 8.89. The number of hydrogen-bond acceptors (Lipinski definition) is 3. The molecular weight excluding hydrogens is 240 g/mol. The minimum atomic E-state index is -1.13. The second-order valence-corrected chi connectivity index (χ2v) is 6.10. The number of unbranched alkanes of at least 4 members (excludes halogenated alkanes) is 3. The fraction of sp³-hybridized carbons (Fsp3) is 0.750. The number of carboxylic acid groups (broad SMARTS) is 1. The summed E-state index contributed by atoms with van der Waals surface area (Å²) in [7, 11) is 0. The molecule has 0 aromatic carbocycles. The van der Waals surface area contributed by atoms with E-state index in [1.165, 1.54) is 12.8 Å². The van der Waals surface area contributed by atoms with Gasteiger partial charge in [-0.15, -0.1) is 0 Å². The van der Waals surface area contributed by atoms with Gasteiger partial charge in [0.05, 0.1) is 0 Å². The van der Waals surface area contributed by atoms with E-state index in [1.54, 1.807) is 0 Å². The molecule has 0 saturated heterocycles. The lowest BCUT2D eigenvalue weighted by molar-refractivity contribution is -0.311. The Bertz CT molecular complexity index is 310. The van der Waals surface area contributed by atoms with Crippen LogP contribution in [0.4, 0.5) is 0 Å². The summed E-state index contributed by atoms with van der Waals surface area (Å²) in [5.41, 5.74) is -0.488. The molecular formula is C16H27O3-. The summed E-state index contributed by atoms with van der Waals surface area (Å²) in [4.78, 5) is 22.9. The summed E-state index contributed by atoms with van der Waals surface area (Å²) in [5, 5.41) is 11.0. The van der Waals surface area contributed by atoms with E-state index in [2.05, 4.69) is 6.92 Å². The third kappa shape index (κ3) is 8.57. The molecule has 0 radical (unpaired) electrons. The standard InChI is InChI=1S/C16H28O3/c1-5-6-7-8-9-10-11-13(15(18)19)12-14(17)16(2,3)4/h9-10,13H,5-8,11-12H2,1-4H3,(H,18,19)/p-1/b10-9+. The maximum atomic E-state index is 11.8. The van der Waals surface area contributed by atoms with Gasteiger partial charge in [-0.25, -0.2) is 0 Å². The van der Waals surface area contributed by atoms with Gasteiger partial charge in [0.25, 0.3) is 0 Å². The minimum absolute atomic E-state index is 0.0268. The van der Waals surface area contributed by atoms with E-state index in [1.807, 2.05) is 32.9 Å². The number of allylic oxidation sites excluding steroid dienone is 2. The van der Waals surface area contributed by atoms with E-state index < -0.39 is 17.3 Å². The molecule has 0 rings (SSSR count). The molecule has 3 heteroatoms. The first kappa shape index (κ1) is 17.9. The van der Waals surface area contributed by atoms with Crippen molar-refractivity contribution < 1.29 is 14.7 Å². The minimum Gasteiger partial charge on any atom is -0.550 e. The van der Waals surface area contributed by atoms with Crippen LogP contribution in [0, 0.1) is 11.3 Å². The topological polar surface area (TPSA) is 57.2 Å². The maximum Gasteiger partial charge on any atom is 0.138 e. The number of rotatable bonds is 9. The van der Waals surface area contributed by atoms with Gasteiger partial charge in [-0.3, -0.25) is 4.79 Å². The molecule has 0 spiro atoms. The van der Waals surface area contributed by atoms with Crippen LogP contribution in [0.1, 0.15) is 66.2 Å². The van der Waals surface area contributed by atoms with Gasteiger partial charge >= 0.3 is 0 Å². The highest BCUT2D eigenvalue weighted by atomic mass is 16.4. The molecule has 3 nitrogen and oxygen atoms in total. The average Bonchev–Trinajstić information content (AvgIpc) is 2.30. The molecule has 0 N–H and O–H groups in total. The van der Waals surface area contributed by atoms with Gasteiger partial charge in [0.15, 0.2) is 0 Å². The van der Waals surface area contributed by atoms with Crippen molar-refractivity contribution in [1.29, 1.82) is 0 Å². The van der Waals surface area contributed by atoms with Crippen LogP contribution in [0.25, 0.3) is 0 Å². The molecule has 19 heavy (non-hydrogen) atoms. The Hall–Kier alpha value is -1.12. The monoisotopic (exact) mass is 267 g/mol. The molecule has 0 aromatic rings. The summed E-state index contributed by atoms with van der Waals surface area (Å²) in [6.45, 7) is 7.57. The van der Waals surface area contributed by atoms with Crippen molar-refractivity contribution in [3.8, 4) is 0 Å². The molecule has 0 aromatic heterocycles. The lowest BCUT2D eigenvalue weighted by Gasteiger charge is -2.21. The van der Waals surface area contributed by atoms with E-state index in [4.69, 9.17) is 0 Å². The molecule has 0 amide bonds. The average molecular weight is 267 g/mol. The largest absolute Gasteiger partial charge is 0.550 e. The zero-order valence-corrected chi connectivity index (χ0v) is 12.7. The highest BCUT2D eigenvalue weighted by Gasteiger charge is 2.24. The fourth-order valence-corrected chi connectivity index (χ4v) is 1.68. The molecule has 1 unspecified atom stereocenters. The molecule has 0 aliphatic heterocycles. The second-order valence-electron chi connectivity index (χ2n) is 6.10. The van der Waals surface area contributed by atoms with E-state index >= 15 is 0 Å². The number of carbonyl (C=O) groups excluding carboxylic acids is 2.